The van der Waals surface area contributed by atoms with E-state index in [1.54, 1.807) is 31.2 Å². The molecule has 0 radical (unpaired) electrons. The van der Waals surface area contributed by atoms with E-state index in [1.807, 2.05) is 0 Å². The minimum absolute atomic E-state index is 0.0593. The molecular weight excluding hydrogens is 290 g/mol. The van der Waals surface area contributed by atoms with Crippen LogP contribution in [0.4, 0.5) is 11.4 Å². The Morgan fingerprint density at radius 2 is 1.86 bits per heavy atom. The lowest BCUT2D eigenvalue weighted by Crippen LogP contribution is -2.15. The van der Waals surface area contributed by atoms with Crippen molar-refractivity contribution >= 4 is 27.3 Å². The van der Waals surface area contributed by atoms with Gasteiger partial charge in [0, 0.05) is 16.9 Å². The Bertz CT molecular complexity index is 801. The highest BCUT2D eigenvalue weighted by molar-refractivity contribution is 7.89. The molecule has 0 saturated heterocycles. The van der Waals surface area contributed by atoms with Crippen LogP contribution in [0, 0.1) is 6.92 Å². The predicted octanol–water partition coefficient (Wildman–Crippen LogP) is 1.48. The van der Waals surface area contributed by atoms with E-state index in [4.69, 9.17) is 10.9 Å². The SMILES string of the molecule is Cc1ccc(S(N)(=O)=O)cc1NC(=O)c1cccc(N)c1. The number of carbonyl (C=O) groups is 1. The second-order valence-corrected chi connectivity index (χ2v) is 6.16. The van der Waals surface area contributed by atoms with Crippen molar-refractivity contribution < 1.29 is 13.2 Å². The third-order valence-electron chi connectivity index (χ3n) is 2.93. The number of aryl methyl sites for hydroxylation is 1. The number of sulfonamides is 1. The monoisotopic (exact) mass is 305 g/mol. The molecule has 0 aromatic heterocycles. The number of rotatable bonds is 3. The first-order valence-electron chi connectivity index (χ1n) is 6.08. The van der Waals surface area contributed by atoms with Crippen molar-refractivity contribution in [3.63, 3.8) is 0 Å². The fourth-order valence-electron chi connectivity index (χ4n) is 1.79. The average molecular weight is 305 g/mol. The molecule has 0 aliphatic heterocycles. The van der Waals surface area contributed by atoms with Crippen LogP contribution in [-0.2, 0) is 10.0 Å². The molecule has 0 atom stereocenters. The fourth-order valence-corrected chi connectivity index (χ4v) is 2.33. The van der Waals surface area contributed by atoms with Crippen LogP contribution in [-0.4, -0.2) is 14.3 Å². The van der Waals surface area contributed by atoms with Gasteiger partial charge in [-0.25, -0.2) is 13.6 Å². The first kappa shape index (κ1) is 15.0. The lowest BCUT2D eigenvalue weighted by Gasteiger charge is -2.10. The van der Waals surface area contributed by atoms with E-state index < -0.39 is 10.0 Å². The van der Waals surface area contributed by atoms with Crippen molar-refractivity contribution in [3.05, 3.63) is 53.6 Å². The van der Waals surface area contributed by atoms with E-state index in [9.17, 15) is 13.2 Å². The predicted molar refractivity (Wildman–Crippen MR) is 81.4 cm³/mol. The Balaban J connectivity index is 2.33. The number of nitrogen functional groups attached to an aromatic ring is 1. The van der Waals surface area contributed by atoms with Gasteiger partial charge in [0.05, 0.1) is 4.90 Å². The molecule has 1 amide bonds. The number of anilines is 2. The van der Waals surface area contributed by atoms with Crippen LogP contribution >= 0.6 is 0 Å². The number of nitrogens with one attached hydrogen (secondary N) is 1. The maximum atomic E-state index is 12.1. The van der Waals surface area contributed by atoms with Crippen LogP contribution in [0.15, 0.2) is 47.4 Å². The zero-order valence-electron chi connectivity index (χ0n) is 11.3. The molecule has 6 nitrogen and oxygen atoms in total. The van der Waals surface area contributed by atoms with E-state index in [-0.39, 0.29) is 10.8 Å². The van der Waals surface area contributed by atoms with E-state index >= 15 is 0 Å². The summed E-state index contributed by atoms with van der Waals surface area (Å²) in [5.41, 5.74) is 7.58. The van der Waals surface area contributed by atoms with Gasteiger partial charge in [0.2, 0.25) is 10.0 Å². The third-order valence-corrected chi connectivity index (χ3v) is 3.85. The standard InChI is InChI=1S/C14H15N3O3S/c1-9-5-6-12(21(16,19)20)8-13(9)17-14(18)10-3-2-4-11(15)7-10/h2-8H,15H2,1H3,(H,17,18)(H2,16,19,20). The molecule has 0 aliphatic carbocycles. The van der Waals surface area contributed by atoms with Crippen molar-refractivity contribution in [2.45, 2.75) is 11.8 Å². The molecule has 0 saturated carbocycles. The van der Waals surface area contributed by atoms with Gasteiger partial charge in [0.1, 0.15) is 0 Å². The van der Waals surface area contributed by atoms with Gasteiger partial charge in [-0.3, -0.25) is 4.79 Å². The first-order valence-corrected chi connectivity index (χ1v) is 7.62. The van der Waals surface area contributed by atoms with Crippen molar-refractivity contribution in [3.8, 4) is 0 Å². The van der Waals surface area contributed by atoms with Gasteiger partial charge in [-0.15, -0.1) is 0 Å². The number of primary sulfonamides is 1. The summed E-state index contributed by atoms with van der Waals surface area (Å²) in [7, 11) is -3.82. The number of hydrogen-bond donors (Lipinski definition) is 3. The Morgan fingerprint density at radius 3 is 2.48 bits per heavy atom. The van der Waals surface area contributed by atoms with Crippen LogP contribution in [0.2, 0.25) is 0 Å². The molecule has 0 fully saturated rings. The normalized spacial score (nSPS) is 11.1. The number of amides is 1. The zero-order valence-corrected chi connectivity index (χ0v) is 12.1. The largest absolute Gasteiger partial charge is 0.399 e. The fraction of sp³-hybridized carbons (Fsp3) is 0.0714. The molecule has 0 aliphatic rings. The maximum absolute atomic E-state index is 12.1. The summed E-state index contributed by atoms with van der Waals surface area (Å²) in [6, 6.07) is 10.8. The van der Waals surface area contributed by atoms with Gasteiger partial charge >= 0.3 is 0 Å². The molecule has 21 heavy (non-hydrogen) atoms. The van der Waals surface area contributed by atoms with Gasteiger partial charge in [-0.1, -0.05) is 12.1 Å². The second kappa shape index (κ2) is 5.55. The molecule has 7 heteroatoms. The van der Waals surface area contributed by atoms with Crippen molar-refractivity contribution in [1.29, 1.82) is 0 Å². The highest BCUT2D eigenvalue weighted by Gasteiger charge is 2.12. The zero-order chi connectivity index (χ0) is 15.6. The molecule has 0 unspecified atom stereocenters. The van der Waals surface area contributed by atoms with Crippen LogP contribution in [0.25, 0.3) is 0 Å². The summed E-state index contributed by atoms with van der Waals surface area (Å²) in [6.45, 7) is 1.75. The summed E-state index contributed by atoms with van der Waals surface area (Å²) in [5.74, 6) is -0.378. The molecule has 0 spiro atoms. The summed E-state index contributed by atoms with van der Waals surface area (Å²) < 4.78 is 22.7. The van der Waals surface area contributed by atoms with Crippen molar-refractivity contribution in [1.82, 2.24) is 0 Å². The Labute approximate surface area is 122 Å². The average Bonchev–Trinajstić information content (AvgIpc) is 2.40. The molecule has 2 rings (SSSR count). The van der Waals surface area contributed by atoms with Crippen LogP contribution in [0.5, 0.6) is 0 Å². The van der Waals surface area contributed by atoms with Crippen LogP contribution in [0.1, 0.15) is 15.9 Å². The minimum Gasteiger partial charge on any atom is -0.399 e. The van der Waals surface area contributed by atoms with E-state index in [2.05, 4.69) is 5.32 Å². The molecule has 0 heterocycles. The van der Waals surface area contributed by atoms with Gasteiger partial charge in [0.25, 0.3) is 5.91 Å². The molecule has 0 bridgehead atoms. The lowest BCUT2D eigenvalue weighted by atomic mass is 10.1. The Hall–Kier alpha value is -2.38. The highest BCUT2D eigenvalue weighted by atomic mass is 32.2. The molecule has 110 valence electrons. The topological polar surface area (TPSA) is 115 Å². The highest BCUT2D eigenvalue weighted by Crippen LogP contribution is 2.20. The van der Waals surface area contributed by atoms with E-state index in [0.717, 1.165) is 5.56 Å². The molecule has 2 aromatic carbocycles. The number of carbonyl (C=O) groups excluding carboxylic acids is 1. The first-order chi connectivity index (χ1) is 9.77. The maximum Gasteiger partial charge on any atom is 0.255 e. The van der Waals surface area contributed by atoms with Gasteiger partial charge in [-0.05, 0) is 42.8 Å². The minimum atomic E-state index is -3.82. The Kier molecular flexibility index (Phi) is 3.97. The van der Waals surface area contributed by atoms with Crippen LogP contribution in [0.3, 0.4) is 0 Å². The quantitative estimate of drug-likeness (QED) is 0.745. The molecule has 2 aromatic rings. The lowest BCUT2D eigenvalue weighted by molar-refractivity contribution is 0.102. The molecule has 5 N–H and O–H groups in total. The number of benzene rings is 2. The van der Waals surface area contributed by atoms with E-state index in [1.165, 1.54) is 18.2 Å². The van der Waals surface area contributed by atoms with Crippen molar-refractivity contribution in [2.24, 2.45) is 5.14 Å². The van der Waals surface area contributed by atoms with Crippen LogP contribution < -0.4 is 16.2 Å². The van der Waals surface area contributed by atoms with Crippen molar-refractivity contribution in [2.75, 3.05) is 11.1 Å². The number of nitrogens with two attached hydrogens (primary N) is 2. The Morgan fingerprint density at radius 1 is 1.14 bits per heavy atom. The smallest absolute Gasteiger partial charge is 0.255 e. The van der Waals surface area contributed by atoms with Gasteiger partial charge in [-0.2, -0.15) is 0 Å². The summed E-state index contributed by atoms with van der Waals surface area (Å²) in [4.78, 5) is 12.1. The third kappa shape index (κ3) is 3.59. The summed E-state index contributed by atoms with van der Waals surface area (Å²) >= 11 is 0. The summed E-state index contributed by atoms with van der Waals surface area (Å²) in [5, 5.41) is 7.73. The number of hydrogen-bond acceptors (Lipinski definition) is 4. The van der Waals surface area contributed by atoms with Gasteiger partial charge in [0.15, 0.2) is 0 Å². The van der Waals surface area contributed by atoms with E-state index in [0.29, 0.717) is 16.9 Å². The summed E-state index contributed by atoms with van der Waals surface area (Å²) in [6.07, 6.45) is 0. The second-order valence-electron chi connectivity index (χ2n) is 4.60. The molecular formula is C14H15N3O3S. The van der Waals surface area contributed by atoms with Gasteiger partial charge < -0.3 is 11.1 Å².